The van der Waals surface area contributed by atoms with Gasteiger partial charge in [-0.2, -0.15) is 0 Å². The second-order valence-corrected chi connectivity index (χ2v) is 5.29. The van der Waals surface area contributed by atoms with Gasteiger partial charge in [-0.1, -0.05) is 36.4 Å². The van der Waals surface area contributed by atoms with Crippen LogP contribution >= 0.6 is 0 Å². The Labute approximate surface area is 130 Å². The largest absolute Gasteiger partial charge is 0.480 e. The average molecular weight is 303 g/mol. The van der Waals surface area contributed by atoms with E-state index in [0.717, 1.165) is 12.0 Å². The van der Waals surface area contributed by atoms with E-state index in [4.69, 9.17) is 9.84 Å². The van der Waals surface area contributed by atoms with E-state index in [1.54, 1.807) is 13.0 Å². The Morgan fingerprint density at radius 3 is 2.73 bits per heavy atom. The molecule has 0 spiro atoms. The predicted octanol–water partition coefficient (Wildman–Crippen LogP) is 2.23. The molecule has 1 N–H and O–H groups in total. The third kappa shape index (κ3) is 3.95. The maximum Gasteiger partial charge on any atom is 0.326 e. The third-order valence-electron chi connectivity index (χ3n) is 3.79. The van der Waals surface area contributed by atoms with Crippen LogP contribution in [0, 0.1) is 0 Å². The standard InChI is InChI=1S/C17H21NO4/c1-2-14(12-22-11-13-7-4-3-5-8-13)16(19)18-10-6-9-15(18)17(20)21/h2-5,7-8,15H,6,9-12H2,1H3,(H,20,21)/b14-2-. The number of aliphatic carboxylic acids is 1. The van der Waals surface area contributed by atoms with E-state index in [-0.39, 0.29) is 12.5 Å². The van der Waals surface area contributed by atoms with Crippen LogP contribution in [0.15, 0.2) is 42.0 Å². The SMILES string of the molecule is C/C=C(/COCc1ccccc1)C(=O)N1CCCC1C(=O)O. The molecule has 1 atom stereocenters. The molecule has 2 rings (SSSR count). The average Bonchev–Trinajstić information content (AvgIpc) is 3.02. The molecule has 0 bridgehead atoms. The van der Waals surface area contributed by atoms with Crippen LogP contribution in [-0.4, -0.2) is 41.1 Å². The third-order valence-corrected chi connectivity index (χ3v) is 3.79. The summed E-state index contributed by atoms with van der Waals surface area (Å²) >= 11 is 0. The van der Waals surface area contributed by atoms with Crippen molar-refractivity contribution in [2.24, 2.45) is 0 Å². The summed E-state index contributed by atoms with van der Waals surface area (Å²) in [6.45, 7) is 2.87. The molecule has 1 fully saturated rings. The smallest absolute Gasteiger partial charge is 0.326 e. The summed E-state index contributed by atoms with van der Waals surface area (Å²) in [5, 5.41) is 9.17. The number of carboxylic acid groups (broad SMARTS) is 1. The zero-order chi connectivity index (χ0) is 15.9. The van der Waals surface area contributed by atoms with Gasteiger partial charge in [-0.15, -0.1) is 0 Å². The highest BCUT2D eigenvalue weighted by Gasteiger charge is 2.34. The number of ether oxygens (including phenoxy) is 1. The van der Waals surface area contributed by atoms with Crippen LogP contribution in [0.1, 0.15) is 25.3 Å². The monoisotopic (exact) mass is 303 g/mol. The molecule has 5 heteroatoms. The lowest BCUT2D eigenvalue weighted by atomic mass is 10.2. The lowest BCUT2D eigenvalue weighted by Gasteiger charge is -2.22. The summed E-state index contributed by atoms with van der Waals surface area (Å²) in [4.78, 5) is 25.1. The molecule has 1 aromatic rings. The van der Waals surface area contributed by atoms with Crippen LogP contribution in [0.3, 0.4) is 0 Å². The van der Waals surface area contributed by atoms with E-state index in [2.05, 4.69) is 0 Å². The number of hydrogen-bond donors (Lipinski definition) is 1. The van der Waals surface area contributed by atoms with E-state index in [0.29, 0.717) is 25.1 Å². The Balaban J connectivity index is 1.91. The summed E-state index contributed by atoms with van der Waals surface area (Å²) in [5.41, 5.74) is 1.54. The van der Waals surface area contributed by atoms with Crippen molar-refractivity contribution in [3.8, 4) is 0 Å². The molecule has 1 heterocycles. The van der Waals surface area contributed by atoms with E-state index in [1.807, 2.05) is 30.3 Å². The second-order valence-electron chi connectivity index (χ2n) is 5.29. The van der Waals surface area contributed by atoms with Gasteiger partial charge in [0.05, 0.1) is 13.2 Å². The first-order valence-corrected chi connectivity index (χ1v) is 7.44. The number of nitrogens with zero attached hydrogens (tertiary/aromatic N) is 1. The van der Waals surface area contributed by atoms with Crippen molar-refractivity contribution in [2.75, 3.05) is 13.2 Å². The van der Waals surface area contributed by atoms with Gasteiger partial charge >= 0.3 is 5.97 Å². The number of allylic oxidation sites excluding steroid dienone is 1. The second kappa shape index (κ2) is 7.75. The van der Waals surface area contributed by atoms with E-state index in [9.17, 15) is 9.59 Å². The molecule has 22 heavy (non-hydrogen) atoms. The molecular weight excluding hydrogens is 282 g/mol. The van der Waals surface area contributed by atoms with Gasteiger partial charge in [-0.05, 0) is 25.3 Å². The zero-order valence-electron chi connectivity index (χ0n) is 12.7. The van der Waals surface area contributed by atoms with Crippen LogP contribution in [0.4, 0.5) is 0 Å². The maximum atomic E-state index is 12.4. The van der Waals surface area contributed by atoms with Crippen molar-refractivity contribution in [2.45, 2.75) is 32.4 Å². The van der Waals surface area contributed by atoms with Crippen LogP contribution < -0.4 is 0 Å². The van der Waals surface area contributed by atoms with E-state index < -0.39 is 12.0 Å². The van der Waals surface area contributed by atoms with Gasteiger partial charge in [0.1, 0.15) is 6.04 Å². The van der Waals surface area contributed by atoms with Crippen LogP contribution in [0.25, 0.3) is 0 Å². The minimum atomic E-state index is -0.938. The van der Waals surface area contributed by atoms with Crippen molar-refractivity contribution >= 4 is 11.9 Å². The quantitative estimate of drug-likeness (QED) is 0.818. The van der Waals surface area contributed by atoms with Gasteiger partial charge in [0, 0.05) is 12.1 Å². The molecule has 1 saturated heterocycles. The number of carbonyl (C=O) groups excluding carboxylic acids is 1. The highest BCUT2D eigenvalue weighted by Crippen LogP contribution is 2.20. The topological polar surface area (TPSA) is 66.8 Å². The molecule has 0 radical (unpaired) electrons. The fourth-order valence-corrected chi connectivity index (χ4v) is 2.57. The Kier molecular flexibility index (Phi) is 5.72. The summed E-state index contributed by atoms with van der Waals surface area (Å²) < 4.78 is 5.59. The number of hydrogen-bond acceptors (Lipinski definition) is 3. The van der Waals surface area contributed by atoms with Crippen molar-refractivity contribution in [3.05, 3.63) is 47.5 Å². The van der Waals surface area contributed by atoms with Crippen LogP contribution in [0.5, 0.6) is 0 Å². The van der Waals surface area contributed by atoms with E-state index in [1.165, 1.54) is 4.90 Å². The normalized spacial score (nSPS) is 18.5. The summed E-state index contributed by atoms with van der Waals surface area (Å²) in [7, 11) is 0. The maximum absolute atomic E-state index is 12.4. The highest BCUT2D eigenvalue weighted by atomic mass is 16.5. The fraction of sp³-hybridized carbons (Fsp3) is 0.412. The molecule has 0 aliphatic carbocycles. The molecule has 0 saturated carbocycles. The molecule has 1 aliphatic heterocycles. The summed E-state index contributed by atoms with van der Waals surface area (Å²) in [6, 6.07) is 9.00. The number of likely N-dealkylation sites (tertiary alicyclic amines) is 1. The number of carboxylic acids is 1. The van der Waals surface area contributed by atoms with Gasteiger partial charge in [0.2, 0.25) is 0 Å². The number of carbonyl (C=O) groups is 2. The molecule has 1 amide bonds. The highest BCUT2D eigenvalue weighted by molar-refractivity contribution is 5.96. The minimum Gasteiger partial charge on any atom is -0.480 e. The first-order valence-electron chi connectivity index (χ1n) is 7.44. The lowest BCUT2D eigenvalue weighted by molar-refractivity contribution is -0.147. The Bertz CT molecular complexity index is 553. The first-order chi connectivity index (χ1) is 10.6. The van der Waals surface area contributed by atoms with Gasteiger partial charge in [-0.25, -0.2) is 4.79 Å². The number of rotatable bonds is 6. The zero-order valence-corrected chi connectivity index (χ0v) is 12.7. The molecule has 1 aromatic carbocycles. The molecule has 0 aromatic heterocycles. The molecular formula is C17H21NO4. The van der Waals surface area contributed by atoms with Crippen molar-refractivity contribution in [1.29, 1.82) is 0 Å². The van der Waals surface area contributed by atoms with E-state index >= 15 is 0 Å². The fourth-order valence-electron chi connectivity index (χ4n) is 2.57. The van der Waals surface area contributed by atoms with Gasteiger partial charge in [-0.3, -0.25) is 4.79 Å². The van der Waals surface area contributed by atoms with Crippen LogP contribution in [0.2, 0.25) is 0 Å². The van der Waals surface area contributed by atoms with Crippen molar-refractivity contribution in [3.63, 3.8) is 0 Å². The van der Waals surface area contributed by atoms with Gasteiger partial charge in [0.25, 0.3) is 5.91 Å². The Morgan fingerprint density at radius 1 is 1.36 bits per heavy atom. The number of amides is 1. The number of benzene rings is 1. The summed E-state index contributed by atoms with van der Waals surface area (Å²) in [6.07, 6.45) is 2.94. The lowest BCUT2D eigenvalue weighted by Crippen LogP contribution is -2.41. The van der Waals surface area contributed by atoms with Crippen molar-refractivity contribution in [1.82, 2.24) is 4.90 Å². The van der Waals surface area contributed by atoms with Gasteiger partial charge < -0.3 is 14.7 Å². The predicted molar refractivity (Wildman–Crippen MR) is 82.2 cm³/mol. The minimum absolute atomic E-state index is 0.188. The first kappa shape index (κ1) is 16.2. The molecule has 1 unspecified atom stereocenters. The molecule has 1 aliphatic rings. The van der Waals surface area contributed by atoms with Crippen molar-refractivity contribution < 1.29 is 19.4 Å². The molecule has 5 nitrogen and oxygen atoms in total. The van der Waals surface area contributed by atoms with Gasteiger partial charge in [0.15, 0.2) is 0 Å². The molecule has 118 valence electrons. The van der Waals surface area contributed by atoms with Crippen LogP contribution in [-0.2, 0) is 20.9 Å². The Morgan fingerprint density at radius 2 is 2.09 bits per heavy atom. The summed E-state index contributed by atoms with van der Waals surface area (Å²) in [5.74, 6) is -1.17. The Hall–Kier alpha value is -2.14.